The van der Waals surface area contributed by atoms with Gasteiger partial charge in [-0.2, -0.15) is 0 Å². The zero-order valence-corrected chi connectivity index (χ0v) is 13.5. The number of thiazole rings is 1. The lowest BCUT2D eigenvalue weighted by Gasteiger charge is -2.11. The van der Waals surface area contributed by atoms with Gasteiger partial charge in [0, 0.05) is 12.6 Å². The van der Waals surface area contributed by atoms with Crippen LogP contribution in [0.15, 0.2) is 0 Å². The Bertz CT molecular complexity index is 470. The number of rotatable bonds is 7. The van der Waals surface area contributed by atoms with E-state index in [1.54, 1.807) is 0 Å². The van der Waals surface area contributed by atoms with E-state index in [1.165, 1.54) is 24.2 Å². The van der Waals surface area contributed by atoms with Gasteiger partial charge in [-0.15, -0.1) is 0 Å². The van der Waals surface area contributed by atoms with Gasteiger partial charge in [0.05, 0.1) is 12.7 Å². The van der Waals surface area contributed by atoms with Crippen LogP contribution in [0.3, 0.4) is 0 Å². The smallest absolute Gasteiger partial charge is 0.265 e. The Hall–Kier alpha value is -1.34. The van der Waals surface area contributed by atoms with Gasteiger partial charge in [0.25, 0.3) is 5.91 Å². The fourth-order valence-electron chi connectivity index (χ4n) is 2.33. The Morgan fingerprint density at radius 1 is 1.48 bits per heavy atom. The van der Waals surface area contributed by atoms with Crippen molar-refractivity contribution in [3.63, 3.8) is 0 Å². The Morgan fingerprint density at radius 2 is 2.19 bits per heavy atom. The third-order valence-electron chi connectivity index (χ3n) is 3.32. The molecule has 21 heavy (non-hydrogen) atoms. The SMILES string of the molecule is CC(C)Nc1nc(N)c(C(=O)NCCOC2CCCC2)s1. The molecule has 0 aromatic carbocycles. The van der Waals surface area contributed by atoms with Crippen LogP contribution in [0.2, 0.25) is 0 Å². The molecular formula is C14H24N4O2S. The van der Waals surface area contributed by atoms with Gasteiger partial charge in [0.2, 0.25) is 0 Å². The molecule has 0 radical (unpaired) electrons. The molecule has 6 nitrogen and oxygen atoms in total. The van der Waals surface area contributed by atoms with E-state index < -0.39 is 0 Å². The first-order valence-electron chi connectivity index (χ1n) is 7.49. The highest BCUT2D eigenvalue weighted by molar-refractivity contribution is 7.18. The topological polar surface area (TPSA) is 89.3 Å². The lowest BCUT2D eigenvalue weighted by atomic mass is 10.3. The Kier molecular flexibility index (Phi) is 5.81. The molecule has 1 aliphatic carbocycles. The fourth-order valence-corrected chi connectivity index (χ4v) is 3.28. The number of nitrogens with one attached hydrogen (secondary N) is 2. The molecule has 1 amide bonds. The van der Waals surface area contributed by atoms with Crippen LogP contribution in [-0.2, 0) is 4.74 Å². The lowest BCUT2D eigenvalue weighted by molar-refractivity contribution is 0.0582. The van der Waals surface area contributed by atoms with E-state index >= 15 is 0 Å². The minimum absolute atomic E-state index is 0.183. The van der Waals surface area contributed by atoms with Crippen molar-refractivity contribution in [2.45, 2.75) is 51.7 Å². The standard InChI is InChI=1S/C14H24N4O2S/c1-9(2)17-14-18-12(15)11(21-14)13(19)16-7-8-20-10-5-3-4-6-10/h9-10H,3-8,15H2,1-2H3,(H,16,19)(H,17,18). The summed E-state index contributed by atoms with van der Waals surface area (Å²) >= 11 is 1.28. The van der Waals surface area contributed by atoms with E-state index in [0.717, 1.165) is 12.8 Å². The number of hydrogen-bond donors (Lipinski definition) is 3. The maximum Gasteiger partial charge on any atom is 0.265 e. The average Bonchev–Trinajstić information content (AvgIpc) is 3.03. The Balaban J connectivity index is 1.75. The quantitative estimate of drug-likeness (QED) is 0.672. The first-order chi connectivity index (χ1) is 10.1. The van der Waals surface area contributed by atoms with Crippen molar-refractivity contribution in [1.82, 2.24) is 10.3 Å². The molecule has 1 aliphatic rings. The zero-order valence-electron chi connectivity index (χ0n) is 12.6. The summed E-state index contributed by atoms with van der Waals surface area (Å²) in [5.41, 5.74) is 5.79. The first kappa shape index (κ1) is 16.0. The number of nitrogens with zero attached hydrogens (tertiary/aromatic N) is 1. The van der Waals surface area contributed by atoms with Gasteiger partial charge < -0.3 is 21.1 Å². The van der Waals surface area contributed by atoms with Gasteiger partial charge in [-0.3, -0.25) is 4.79 Å². The summed E-state index contributed by atoms with van der Waals surface area (Å²) in [6, 6.07) is 0.256. The minimum Gasteiger partial charge on any atom is -0.382 e. The van der Waals surface area contributed by atoms with Crippen molar-refractivity contribution < 1.29 is 9.53 Å². The number of amides is 1. The second-order valence-corrected chi connectivity index (χ2v) is 6.56. The number of hydrogen-bond acceptors (Lipinski definition) is 6. The Morgan fingerprint density at radius 3 is 2.86 bits per heavy atom. The largest absolute Gasteiger partial charge is 0.382 e. The van der Waals surface area contributed by atoms with Gasteiger partial charge in [-0.25, -0.2) is 4.98 Å². The van der Waals surface area contributed by atoms with Crippen LogP contribution in [0.1, 0.15) is 49.2 Å². The molecule has 0 atom stereocenters. The highest BCUT2D eigenvalue weighted by Crippen LogP contribution is 2.25. The molecule has 1 heterocycles. The van der Waals surface area contributed by atoms with Crippen LogP contribution in [0.4, 0.5) is 10.9 Å². The summed E-state index contributed by atoms with van der Waals surface area (Å²) < 4.78 is 5.71. The second-order valence-electron chi connectivity index (χ2n) is 5.57. The van der Waals surface area contributed by atoms with Gasteiger partial charge in [0.15, 0.2) is 5.13 Å². The molecule has 4 N–H and O–H groups in total. The van der Waals surface area contributed by atoms with Crippen molar-refractivity contribution in [1.29, 1.82) is 0 Å². The van der Waals surface area contributed by atoms with Crippen LogP contribution < -0.4 is 16.4 Å². The van der Waals surface area contributed by atoms with Crippen molar-refractivity contribution in [2.24, 2.45) is 0 Å². The molecule has 0 spiro atoms. The summed E-state index contributed by atoms with van der Waals surface area (Å²) in [6.45, 7) is 5.07. The monoisotopic (exact) mass is 312 g/mol. The molecule has 1 saturated carbocycles. The number of aromatic nitrogens is 1. The van der Waals surface area contributed by atoms with E-state index in [2.05, 4.69) is 15.6 Å². The Labute approximate surface area is 129 Å². The van der Waals surface area contributed by atoms with E-state index in [9.17, 15) is 4.79 Å². The summed E-state index contributed by atoms with van der Waals surface area (Å²) in [4.78, 5) is 16.7. The van der Waals surface area contributed by atoms with Crippen LogP contribution in [0.25, 0.3) is 0 Å². The molecule has 0 bridgehead atoms. The van der Waals surface area contributed by atoms with Crippen LogP contribution in [0, 0.1) is 0 Å². The third-order valence-corrected chi connectivity index (χ3v) is 4.32. The molecule has 1 aromatic rings. The zero-order chi connectivity index (χ0) is 15.2. The normalized spacial score (nSPS) is 15.6. The average molecular weight is 312 g/mol. The highest BCUT2D eigenvalue weighted by atomic mass is 32.1. The van der Waals surface area contributed by atoms with Gasteiger partial charge in [-0.05, 0) is 26.7 Å². The van der Waals surface area contributed by atoms with Gasteiger partial charge >= 0.3 is 0 Å². The van der Waals surface area contributed by atoms with Gasteiger partial charge in [0.1, 0.15) is 10.7 Å². The maximum atomic E-state index is 12.1. The summed E-state index contributed by atoms with van der Waals surface area (Å²) in [6.07, 6.45) is 5.15. The van der Waals surface area contributed by atoms with Crippen molar-refractivity contribution in [2.75, 3.05) is 24.2 Å². The van der Waals surface area contributed by atoms with E-state index in [4.69, 9.17) is 10.5 Å². The molecule has 0 aliphatic heterocycles. The molecule has 1 fully saturated rings. The number of ether oxygens (including phenoxy) is 1. The third kappa shape index (κ3) is 4.86. The van der Waals surface area contributed by atoms with E-state index in [-0.39, 0.29) is 17.8 Å². The molecule has 1 aromatic heterocycles. The summed E-state index contributed by atoms with van der Waals surface area (Å²) in [5, 5.41) is 6.65. The molecule has 0 unspecified atom stereocenters. The number of carbonyl (C=O) groups is 1. The lowest BCUT2D eigenvalue weighted by Crippen LogP contribution is -2.28. The predicted octanol–water partition coefficient (Wildman–Crippen LogP) is 2.23. The number of carbonyl (C=O) groups excluding carboxylic acids is 1. The van der Waals surface area contributed by atoms with Crippen molar-refractivity contribution in [3.8, 4) is 0 Å². The van der Waals surface area contributed by atoms with E-state index in [1.807, 2.05) is 13.8 Å². The summed E-state index contributed by atoms with van der Waals surface area (Å²) in [5.74, 6) is 0.0918. The fraction of sp³-hybridized carbons (Fsp3) is 0.714. The van der Waals surface area contributed by atoms with Crippen molar-refractivity contribution >= 4 is 28.2 Å². The second kappa shape index (κ2) is 7.61. The van der Waals surface area contributed by atoms with Crippen molar-refractivity contribution in [3.05, 3.63) is 4.88 Å². The molecular weight excluding hydrogens is 288 g/mol. The summed E-state index contributed by atoms with van der Waals surface area (Å²) in [7, 11) is 0. The first-order valence-corrected chi connectivity index (χ1v) is 8.30. The molecule has 0 saturated heterocycles. The number of anilines is 2. The number of nitrogens with two attached hydrogens (primary N) is 1. The van der Waals surface area contributed by atoms with Gasteiger partial charge in [-0.1, -0.05) is 24.2 Å². The van der Waals surface area contributed by atoms with Crippen LogP contribution >= 0.6 is 11.3 Å². The maximum absolute atomic E-state index is 12.1. The predicted molar refractivity (Wildman–Crippen MR) is 85.8 cm³/mol. The molecule has 7 heteroatoms. The number of nitrogen functional groups attached to an aromatic ring is 1. The van der Waals surface area contributed by atoms with E-state index in [0.29, 0.717) is 29.3 Å². The highest BCUT2D eigenvalue weighted by Gasteiger charge is 2.17. The molecule has 2 rings (SSSR count). The van der Waals surface area contributed by atoms with Crippen LogP contribution in [0.5, 0.6) is 0 Å². The van der Waals surface area contributed by atoms with Crippen LogP contribution in [-0.4, -0.2) is 36.2 Å². The minimum atomic E-state index is -0.183. The molecule has 118 valence electrons.